The second-order valence-corrected chi connectivity index (χ2v) is 5.58. The highest BCUT2D eigenvalue weighted by molar-refractivity contribution is 5.40. The Balaban J connectivity index is 1.88. The Morgan fingerprint density at radius 1 is 1.17 bits per heavy atom. The first-order chi connectivity index (χ1) is 11.8. The van der Waals surface area contributed by atoms with Crippen molar-refractivity contribution in [1.29, 1.82) is 0 Å². The molecule has 0 aliphatic carbocycles. The van der Waals surface area contributed by atoms with Gasteiger partial charge in [0.05, 0.1) is 13.2 Å². The predicted octanol–water partition coefficient (Wildman–Crippen LogP) is 3.33. The fraction of sp³-hybridized carbons (Fsp3) is 0.368. The van der Waals surface area contributed by atoms with Crippen molar-refractivity contribution in [1.82, 2.24) is 5.32 Å². The molecule has 1 aliphatic rings. The van der Waals surface area contributed by atoms with Crippen LogP contribution in [-0.2, 0) is 4.74 Å². The molecule has 4 nitrogen and oxygen atoms in total. The lowest BCUT2D eigenvalue weighted by atomic mass is 10.0. The van der Waals surface area contributed by atoms with Gasteiger partial charge in [0.1, 0.15) is 11.9 Å². The number of hydrogen-bond acceptors (Lipinski definition) is 4. The van der Waals surface area contributed by atoms with Gasteiger partial charge in [-0.2, -0.15) is 0 Å². The maximum atomic E-state index is 13.3. The minimum Gasteiger partial charge on any atom is -0.490 e. The molecule has 3 rings (SSSR count). The van der Waals surface area contributed by atoms with E-state index in [9.17, 15) is 4.39 Å². The molecule has 1 fully saturated rings. The highest BCUT2D eigenvalue weighted by Gasteiger charge is 2.28. The molecular weight excluding hydrogens is 309 g/mol. The van der Waals surface area contributed by atoms with E-state index in [1.54, 1.807) is 12.1 Å². The zero-order valence-corrected chi connectivity index (χ0v) is 13.7. The minimum atomic E-state index is -0.347. The van der Waals surface area contributed by atoms with E-state index in [1.165, 1.54) is 12.1 Å². The van der Waals surface area contributed by atoms with Gasteiger partial charge in [0.2, 0.25) is 0 Å². The Morgan fingerprint density at radius 3 is 2.58 bits per heavy atom. The van der Waals surface area contributed by atoms with E-state index in [0.29, 0.717) is 31.3 Å². The number of para-hydroxylation sites is 2. The van der Waals surface area contributed by atoms with E-state index in [0.717, 1.165) is 12.1 Å². The van der Waals surface area contributed by atoms with Crippen molar-refractivity contribution in [2.24, 2.45) is 0 Å². The van der Waals surface area contributed by atoms with E-state index >= 15 is 0 Å². The van der Waals surface area contributed by atoms with Crippen molar-refractivity contribution in [3.63, 3.8) is 0 Å². The Labute approximate surface area is 141 Å². The van der Waals surface area contributed by atoms with Gasteiger partial charge >= 0.3 is 0 Å². The van der Waals surface area contributed by atoms with Crippen LogP contribution in [0.4, 0.5) is 4.39 Å². The van der Waals surface area contributed by atoms with Gasteiger partial charge in [-0.15, -0.1) is 0 Å². The molecule has 0 radical (unpaired) electrons. The molecule has 0 saturated carbocycles. The number of benzene rings is 2. The molecular formula is C19H22FNO3. The van der Waals surface area contributed by atoms with E-state index in [-0.39, 0.29) is 18.0 Å². The van der Waals surface area contributed by atoms with Crippen LogP contribution in [0.5, 0.6) is 11.5 Å². The molecule has 2 atom stereocenters. The zero-order chi connectivity index (χ0) is 16.8. The van der Waals surface area contributed by atoms with Crippen LogP contribution in [-0.4, -0.2) is 32.4 Å². The maximum Gasteiger partial charge on any atom is 0.162 e. The largest absolute Gasteiger partial charge is 0.490 e. The SMILES string of the molecule is CCOc1ccccc1OC(c1ccc(F)cc1)C1CNCCO1. The van der Waals surface area contributed by atoms with Crippen LogP contribution >= 0.6 is 0 Å². The summed E-state index contributed by atoms with van der Waals surface area (Å²) in [6.45, 7) is 4.62. The second kappa shape index (κ2) is 8.13. The molecule has 2 unspecified atom stereocenters. The molecule has 1 saturated heterocycles. The molecule has 0 amide bonds. The van der Waals surface area contributed by atoms with Crippen LogP contribution in [0, 0.1) is 5.82 Å². The number of hydrogen-bond donors (Lipinski definition) is 1. The molecule has 1 aliphatic heterocycles. The first-order valence-electron chi connectivity index (χ1n) is 8.24. The first kappa shape index (κ1) is 16.7. The van der Waals surface area contributed by atoms with Gasteiger partial charge in [-0.3, -0.25) is 0 Å². The quantitative estimate of drug-likeness (QED) is 0.881. The van der Waals surface area contributed by atoms with Crippen LogP contribution < -0.4 is 14.8 Å². The lowest BCUT2D eigenvalue weighted by Crippen LogP contribution is -2.43. The molecule has 0 spiro atoms. The van der Waals surface area contributed by atoms with Crippen LogP contribution in [0.2, 0.25) is 0 Å². The van der Waals surface area contributed by atoms with Gasteiger partial charge in [0.25, 0.3) is 0 Å². The van der Waals surface area contributed by atoms with Crippen LogP contribution in [0.15, 0.2) is 48.5 Å². The first-order valence-corrected chi connectivity index (χ1v) is 8.24. The Kier molecular flexibility index (Phi) is 5.67. The number of morpholine rings is 1. The third-order valence-corrected chi connectivity index (χ3v) is 3.90. The number of halogens is 1. The molecule has 1 heterocycles. The molecule has 0 aromatic heterocycles. The number of nitrogens with one attached hydrogen (secondary N) is 1. The molecule has 128 valence electrons. The third kappa shape index (κ3) is 4.04. The molecule has 24 heavy (non-hydrogen) atoms. The van der Waals surface area contributed by atoms with Crippen molar-refractivity contribution in [3.05, 3.63) is 59.9 Å². The molecule has 1 N–H and O–H groups in total. The van der Waals surface area contributed by atoms with Gasteiger partial charge < -0.3 is 19.5 Å². The molecule has 2 aromatic carbocycles. The summed E-state index contributed by atoms with van der Waals surface area (Å²) in [5.74, 6) is 1.08. The van der Waals surface area contributed by atoms with E-state index in [4.69, 9.17) is 14.2 Å². The van der Waals surface area contributed by atoms with E-state index < -0.39 is 0 Å². The molecule has 2 aromatic rings. The van der Waals surface area contributed by atoms with Crippen molar-refractivity contribution in [2.45, 2.75) is 19.1 Å². The van der Waals surface area contributed by atoms with Crippen LogP contribution in [0.25, 0.3) is 0 Å². The fourth-order valence-electron chi connectivity index (χ4n) is 2.75. The summed E-state index contributed by atoms with van der Waals surface area (Å²) in [5.41, 5.74) is 0.872. The minimum absolute atomic E-state index is 0.154. The average Bonchev–Trinajstić information content (AvgIpc) is 2.63. The summed E-state index contributed by atoms with van der Waals surface area (Å²) < 4.78 is 31.0. The summed E-state index contributed by atoms with van der Waals surface area (Å²) >= 11 is 0. The molecule has 0 bridgehead atoms. The van der Waals surface area contributed by atoms with Crippen LogP contribution in [0.1, 0.15) is 18.6 Å². The second-order valence-electron chi connectivity index (χ2n) is 5.58. The van der Waals surface area contributed by atoms with Gasteiger partial charge in [-0.25, -0.2) is 4.39 Å². The number of ether oxygens (including phenoxy) is 3. The van der Waals surface area contributed by atoms with Gasteiger partial charge in [0, 0.05) is 13.1 Å². The highest BCUT2D eigenvalue weighted by atomic mass is 19.1. The Morgan fingerprint density at radius 2 is 1.92 bits per heavy atom. The predicted molar refractivity (Wildman–Crippen MR) is 90.0 cm³/mol. The van der Waals surface area contributed by atoms with Crippen molar-refractivity contribution >= 4 is 0 Å². The maximum absolute atomic E-state index is 13.3. The lowest BCUT2D eigenvalue weighted by molar-refractivity contribution is -0.0439. The van der Waals surface area contributed by atoms with Crippen molar-refractivity contribution in [2.75, 3.05) is 26.3 Å². The summed E-state index contributed by atoms with van der Waals surface area (Å²) in [7, 11) is 0. The summed E-state index contributed by atoms with van der Waals surface area (Å²) in [6, 6.07) is 13.9. The zero-order valence-electron chi connectivity index (χ0n) is 13.7. The summed E-state index contributed by atoms with van der Waals surface area (Å²) in [5, 5.41) is 3.31. The highest BCUT2D eigenvalue weighted by Crippen LogP contribution is 2.33. The monoisotopic (exact) mass is 331 g/mol. The lowest BCUT2D eigenvalue weighted by Gasteiger charge is -2.32. The third-order valence-electron chi connectivity index (χ3n) is 3.90. The summed E-state index contributed by atoms with van der Waals surface area (Å²) in [6.07, 6.45) is -0.501. The van der Waals surface area contributed by atoms with Gasteiger partial charge in [0.15, 0.2) is 17.6 Å². The summed E-state index contributed by atoms with van der Waals surface area (Å²) in [4.78, 5) is 0. The standard InChI is InChI=1S/C19H22FNO3/c1-2-22-16-5-3-4-6-17(16)24-19(18-13-21-11-12-23-18)14-7-9-15(20)10-8-14/h3-10,18-19,21H,2,11-13H2,1H3. The van der Waals surface area contributed by atoms with E-state index in [1.807, 2.05) is 31.2 Å². The van der Waals surface area contributed by atoms with Crippen LogP contribution in [0.3, 0.4) is 0 Å². The number of rotatable bonds is 6. The fourth-order valence-corrected chi connectivity index (χ4v) is 2.75. The Bertz CT molecular complexity index is 641. The van der Waals surface area contributed by atoms with Crippen molar-refractivity contribution in [3.8, 4) is 11.5 Å². The van der Waals surface area contributed by atoms with E-state index in [2.05, 4.69) is 5.32 Å². The molecule has 5 heteroatoms. The van der Waals surface area contributed by atoms with Crippen molar-refractivity contribution < 1.29 is 18.6 Å². The topological polar surface area (TPSA) is 39.7 Å². The smallest absolute Gasteiger partial charge is 0.162 e. The normalized spacial score (nSPS) is 18.8. The van der Waals surface area contributed by atoms with Gasteiger partial charge in [-0.05, 0) is 36.8 Å². The van der Waals surface area contributed by atoms with Gasteiger partial charge in [-0.1, -0.05) is 24.3 Å². The Hall–Kier alpha value is -2.11. The average molecular weight is 331 g/mol.